The Hall–Kier alpha value is -3.19. The molecule has 2 N–H and O–H groups in total. The zero-order valence-corrected chi connectivity index (χ0v) is 20.7. The van der Waals surface area contributed by atoms with E-state index in [2.05, 4.69) is 45.0 Å². The number of aryl methyl sites for hydroxylation is 2. The van der Waals surface area contributed by atoms with Crippen molar-refractivity contribution in [1.82, 2.24) is 19.8 Å². The molecule has 1 aromatic carbocycles. The summed E-state index contributed by atoms with van der Waals surface area (Å²) in [7, 11) is 0. The molecule has 0 bridgehead atoms. The molecule has 1 amide bonds. The van der Waals surface area contributed by atoms with Crippen molar-refractivity contribution in [2.45, 2.75) is 58.2 Å². The first-order valence-electron chi connectivity index (χ1n) is 12.0. The van der Waals surface area contributed by atoms with E-state index >= 15 is 0 Å². The molecule has 1 saturated carbocycles. The predicted octanol–water partition coefficient (Wildman–Crippen LogP) is 5.14. The number of carbonyl (C=O) groups is 1. The van der Waals surface area contributed by atoms with Gasteiger partial charge in [-0.2, -0.15) is 0 Å². The highest BCUT2D eigenvalue weighted by Crippen LogP contribution is 2.44. The van der Waals surface area contributed by atoms with Crippen molar-refractivity contribution in [2.75, 3.05) is 11.9 Å². The Balaban J connectivity index is 1.40. The average Bonchev–Trinajstić information content (AvgIpc) is 3.54. The highest BCUT2D eigenvalue weighted by atomic mass is 32.1. The predicted molar refractivity (Wildman–Crippen MR) is 139 cm³/mol. The number of carbonyl (C=O) groups excluding carboxylic acids is 1. The molecule has 34 heavy (non-hydrogen) atoms. The van der Waals surface area contributed by atoms with Crippen LogP contribution < -0.4 is 10.6 Å². The van der Waals surface area contributed by atoms with E-state index in [1.165, 1.54) is 35.4 Å². The largest absolute Gasteiger partial charge is 0.352 e. The highest BCUT2D eigenvalue weighted by molar-refractivity contribution is 7.80. The van der Waals surface area contributed by atoms with Gasteiger partial charge < -0.3 is 20.1 Å². The van der Waals surface area contributed by atoms with Crippen LogP contribution in [0.4, 0.5) is 5.69 Å². The van der Waals surface area contributed by atoms with Crippen LogP contribution in [0.25, 0.3) is 0 Å². The molecule has 3 aromatic rings. The topological polar surface area (TPSA) is 62.2 Å². The number of thiocarbonyl (C=S) groups is 1. The summed E-state index contributed by atoms with van der Waals surface area (Å²) in [5.41, 5.74) is 6.76. The molecule has 2 aromatic heterocycles. The number of hydrogen-bond acceptors (Lipinski definition) is 3. The smallest absolute Gasteiger partial charge is 0.226 e. The third-order valence-corrected chi connectivity index (χ3v) is 7.22. The van der Waals surface area contributed by atoms with Crippen LogP contribution in [-0.4, -0.2) is 32.0 Å². The number of benzene rings is 1. The first-order chi connectivity index (χ1) is 16.4. The highest BCUT2D eigenvalue weighted by Gasteiger charge is 2.42. The molecule has 6 nitrogen and oxygen atoms in total. The quantitative estimate of drug-likeness (QED) is 0.465. The maximum atomic E-state index is 12.8. The average molecular weight is 474 g/mol. The van der Waals surface area contributed by atoms with Gasteiger partial charge >= 0.3 is 0 Å². The van der Waals surface area contributed by atoms with E-state index in [9.17, 15) is 4.79 Å². The van der Waals surface area contributed by atoms with Crippen LogP contribution in [0.3, 0.4) is 0 Å². The minimum absolute atomic E-state index is 0.0184. The molecule has 3 heterocycles. The molecule has 1 aliphatic carbocycles. The van der Waals surface area contributed by atoms with E-state index in [-0.39, 0.29) is 18.0 Å². The van der Waals surface area contributed by atoms with Gasteiger partial charge in [-0.1, -0.05) is 23.8 Å². The van der Waals surface area contributed by atoms with Gasteiger partial charge in [-0.3, -0.25) is 9.78 Å². The molecule has 7 heteroatoms. The molecule has 1 aliphatic heterocycles. The summed E-state index contributed by atoms with van der Waals surface area (Å²) >= 11 is 5.79. The summed E-state index contributed by atoms with van der Waals surface area (Å²) in [6.07, 6.45) is 4.65. The van der Waals surface area contributed by atoms with Crippen LogP contribution in [0.15, 0.2) is 54.7 Å². The Bertz CT molecular complexity index is 1200. The Labute approximate surface area is 206 Å². The van der Waals surface area contributed by atoms with Crippen molar-refractivity contribution in [1.29, 1.82) is 0 Å². The van der Waals surface area contributed by atoms with E-state index in [1.807, 2.05) is 55.6 Å². The fraction of sp³-hybridized carbons (Fsp3) is 0.370. The van der Waals surface area contributed by atoms with Gasteiger partial charge in [0.25, 0.3) is 0 Å². The number of rotatable bonds is 7. The van der Waals surface area contributed by atoms with Crippen LogP contribution in [0.5, 0.6) is 0 Å². The van der Waals surface area contributed by atoms with Crippen LogP contribution in [-0.2, 0) is 4.79 Å². The van der Waals surface area contributed by atoms with E-state index < -0.39 is 0 Å². The Kier molecular flexibility index (Phi) is 6.13. The lowest BCUT2D eigenvalue weighted by Crippen LogP contribution is -2.32. The second-order valence-corrected chi connectivity index (χ2v) is 9.80. The van der Waals surface area contributed by atoms with Crippen molar-refractivity contribution in [2.24, 2.45) is 0 Å². The fourth-order valence-corrected chi connectivity index (χ4v) is 5.40. The first-order valence-corrected chi connectivity index (χ1v) is 12.4. The number of nitrogens with zero attached hydrogens (tertiary/aromatic N) is 3. The Morgan fingerprint density at radius 3 is 2.59 bits per heavy atom. The molecule has 2 aliphatic rings. The van der Waals surface area contributed by atoms with Crippen molar-refractivity contribution in [3.8, 4) is 0 Å². The van der Waals surface area contributed by atoms with E-state index in [0.29, 0.717) is 24.1 Å². The zero-order valence-electron chi connectivity index (χ0n) is 19.9. The molecular formula is C27H31N5OS. The normalized spacial score (nSPS) is 19.9. The molecule has 0 spiro atoms. The number of aromatic nitrogens is 2. The third-order valence-electron chi connectivity index (χ3n) is 6.87. The maximum Gasteiger partial charge on any atom is 0.226 e. The van der Waals surface area contributed by atoms with Gasteiger partial charge in [0, 0.05) is 42.3 Å². The molecule has 2 atom stereocenters. The summed E-state index contributed by atoms with van der Waals surface area (Å²) in [6, 6.07) is 16.7. The number of hydrogen-bond donors (Lipinski definition) is 2. The standard InChI is InChI=1S/C27H31N5OS/c1-17-7-9-20(10-8-17)29-24(33)13-15-31-26(22-16-18(2)32(19(22)3)21-11-12-21)25(30-27(31)34)23-6-4-5-14-28-23/h4-10,14,16,21,25-26H,11-13,15H2,1-3H3,(H,29,33)(H,30,34)/t25-,26+/m1/s1. The van der Waals surface area contributed by atoms with E-state index in [0.717, 1.165) is 11.4 Å². The van der Waals surface area contributed by atoms with Gasteiger partial charge in [0.2, 0.25) is 5.91 Å². The van der Waals surface area contributed by atoms with Crippen molar-refractivity contribution < 1.29 is 4.79 Å². The van der Waals surface area contributed by atoms with Crippen LogP contribution in [0.2, 0.25) is 0 Å². The van der Waals surface area contributed by atoms with Crippen molar-refractivity contribution in [3.63, 3.8) is 0 Å². The molecule has 176 valence electrons. The van der Waals surface area contributed by atoms with Crippen molar-refractivity contribution in [3.05, 3.63) is 82.9 Å². The number of amides is 1. The van der Waals surface area contributed by atoms with Gasteiger partial charge in [-0.05, 0) is 81.7 Å². The second kappa shape index (κ2) is 9.22. The molecule has 5 rings (SSSR count). The van der Waals surface area contributed by atoms with Gasteiger partial charge in [0.1, 0.15) is 0 Å². The SMILES string of the molecule is Cc1ccc(NC(=O)CCN2C(=S)N[C@H](c3ccccn3)[C@@H]2c2cc(C)n(C3CC3)c2C)cc1. The summed E-state index contributed by atoms with van der Waals surface area (Å²) in [5, 5.41) is 7.18. The first kappa shape index (κ1) is 22.6. The third kappa shape index (κ3) is 4.44. The Morgan fingerprint density at radius 1 is 1.15 bits per heavy atom. The summed E-state index contributed by atoms with van der Waals surface area (Å²) < 4.78 is 2.47. The second-order valence-electron chi connectivity index (χ2n) is 9.41. The molecule has 1 saturated heterocycles. The van der Waals surface area contributed by atoms with E-state index in [4.69, 9.17) is 12.2 Å². The number of nitrogens with one attached hydrogen (secondary N) is 2. The minimum Gasteiger partial charge on any atom is -0.352 e. The molecule has 0 unspecified atom stereocenters. The lowest BCUT2D eigenvalue weighted by Gasteiger charge is -2.28. The van der Waals surface area contributed by atoms with Crippen LogP contribution >= 0.6 is 12.2 Å². The number of anilines is 1. The Morgan fingerprint density at radius 2 is 1.91 bits per heavy atom. The number of pyridine rings is 1. The summed E-state index contributed by atoms with van der Waals surface area (Å²) in [6.45, 7) is 6.96. The summed E-state index contributed by atoms with van der Waals surface area (Å²) in [5.74, 6) is -0.0184. The lowest BCUT2D eigenvalue weighted by molar-refractivity contribution is -0.116. The fourth-order valence-electron chi connectivity index (χ4n) is 5.06. The van der Waals surface area contributed by atoms with Crippen molar-refractivity contribution >= 4 is 28.9 Å². The molecule has 0 radical (unpaired) electrons. The van der Waals surface area contributed by atoms with Crippen LogP contribution in [0, 0.1) is 20.8 Å². The maximum absolute atomic E-state index is 12.8. The monoisotopic (exact) mass is 473 g/mol. The minimum atomic E-state index is -0.0676. The van der Waals surface area contributed by atoms with Crippen LogP contribution in [0.1, 0.15) is 65.6 Å². The van der Waals surface area contributed by atoms with Gasteiger partial charge in [-0.25, -0.2) is 0 Å². The molecule has 2 fully saturated rings. The van der Waals surface area contributed by atoms with Gasteiger partial charge in [-0.15, -0.1) is 0 Å². The zero-order chi connectivity index (χ0) is 23.8. The van der Waals surface area contributed by atoms with Gasteiger partial charge in [0.05, 0.1) is 17.8 Å². The van der Waals surface area contributed by atoms with Gasteiger partial charge in [0.15, 0.2) is 5.11 Å². The molecular weight excluding hydrogens is 442 g/mol. The lowest BCUT2D eigenvalue weighted by atomic mass is 9.96. The van der Waals surface area contributed by atoms with E-state index in [1.54, 1.807) is 0 Å². The summed E-state index contributed by atoms with van der Waals surface area (Å²) in [4.78, 5) is 19.6.